The maximum Gasteiger partial charge on any atom is 0.336 e. The molecule has 0 saturated heterocycles. The summed E-state index contributed by atoms with van der Waals surface area (Å²) >= 11 is 0. The van der Waals surface area contributed by atoms with Crippen molar-refractivity contribution in [3.05, 3.63) is 53.8 Å². The van der Waals surface area contributed by atoms with E-state index in [-0.39, 0.29) is 11.1 Å². The number of rotatable bonds is 6. The number of aromatic carboxylic acids is 1. The van der Waals surface area contributed by atoms with Gasteiger partial charge < -0.3 is 14.6 Å². The molecule has 1 N–H and O–H groups in total. The lowest BCUT2D eigenvalue weighted by Gasteiger charge is -2.13. The quantitative estimate of drug-likeness (QED) is 0.830. The monoisotopic (exact) mass is 290 g/mol. The maximum absolute atomic E-state index is 13.5. The fourth-order valence-electron chi connectivity index (χ4n) is 1.98. The van der Waals surface area contributed by atoms with Crippen LogP contribution in [-0.4, -0.2) is 31.4 Å². The number of carboxylic acids is 1. The molecule has 0 amide bonds. The van der Waals surface area contributed by atoms with Crippen LogP contribution in [0.5, 0.6) is 5.75 Å². The fourth-order valence-corrected chi connectivity index (χ4v) is 1.98. The first-order valence-electron chi connectivity index (χ1n) is 6.37. The van der Waals surface area contributed by atoms with E-state index in [0.717, 1.165) is 6.07 Å². The third-order valence-electron chi connectivity index (χ3n) is 2.93. The molecule has 0 bridgehead atoms. The van der Waals surface area contributed by atoms with E-state index in [0.29, 0.717) is 24.5 Å². The molecule has 0 aliphatic rings. The Morgan fingerprint density at radius 3 is 2.62 bits per heavy atom. The summed E-state index contributed by atoms with van der Waals surface area (Å²) in [5.74, 6) is -1.12. The highest BCUT2D eigenvalue weighted by Gasteiger charge is 2.16. The van der Waals surface area contributed by atoms with E-state index in [4.69, 9.17) is 9.47 Å². The predicted octanol–water partition coefficient (Wildman–Crippen LogP) is 3.22. The van der Waals surface area contributed by atoms with Gasteiger partial charge in [-0.1, -0.05) is 18.2 Å². The Bertz CT molecular complexity index is 640. The minimum atomic E-state index is -1.11. The van der Waals surface area contributed by atoms with Crippen molar-refractivity contribution in [3.8, 4) is 16.9 Å². The molecule has 0 aliphatic heterocycles. The molecule has 21 heavy (non-hydrogen) atoms. The number of ether oxygens (including phenoxy) is 2. The zero-order chi connectivity index (χ0) is 15.2. The van der Waals surface area contributed by atoms with Crippen molar-refractivity contribution in [2.45, 2.75) is 0 Å². The van der Waals surface area contributed by atoms with Crippen LogP contribution in [0.4, 0.5) is 4.39 Å². The number of benzene rings is 2. The Balaban J connectivity index is 2.46. The Labute approximate surface area is 121 Å². The zero-order valence-corrected chi connectivity index (χ0v) is 11.5. The number of hydrogen-bond donors (Lipinski definition) is 1. The zero-order valence-electron chi connectivity index (χ0n) is 11.5. The van der Waals surface area contributed by atoms with E-state index in [1.807, 2.05) is 0 Å². The van der Waals surface area contributed by atoms with Gasteiger partial charge in [0, 0.05) is 18.2 Å². The lowest BCUT2D eigenvalue weighted by Crippen LogP contribution is -2.06. The number of para-hydroxylation sites is 1. The summed E-state index contributed by atoms with van der Waals surface area (Å²) in [6.45, 7) is 0.731. The second-order valence-electron chi connectivity index (χ2n) is 4.33. The van der Waals surface area contributed by atoms with Crippen LogP contribution >= 0.6 is 0 Å². The van der Waals surface area contributed by atoms with Gasteiger partial charge in [0.05, 0.1) is 12.2 Å². The summed E-state index contributed by atoms with van der Waals surface area (Å²) in [4.78, 5) is 11.3. The molecule has 110 valence electrons. The third-order valence-corrected chi connectivity index (χ3v) is 2.93. The Kier molecular flexibility index (Phi) is 4.90. The van der Waals surface area contributed by atoms with Gasteiger partial charge in [0.25, 0.3) is 0 Å². The molecule has 0 unspecified atom stereocenters. The number of carboxylic acid groups (broad SMARTS) is 1. The van der Waals surface area contributed by atoms with Crippen molar-refractivity contribution in [1.82, 2.24) is 0 Å². The van der Waals surface area contributed by atoms with E-state index < -0.39 is 11.8 Å². The van der Waals surface area contributed by atoms with Gasteiger partial charge in [0.1, 0.15) is 18.2 Å². The summed E-state index contributed by atoms with van der Waals surface area (Å²) in [5.41, 5.74) is 0.847. The molecule has 0 aromatic heterocycles. The molecule has 2 aromatic rings. The largest absolute Gasteiger partial charge is 0.491 e. The number of halogens is 1. The second-order valence-corrected chi connectivity index (χ2v) is 4.33. The minimum absolute atomic E-state index is 0.0270. The standard InChI is InChI=1S/C16H15FO4/c1-20-8-9-21-15-5-3-2-4-12(15)14-10-11(17)6-7-13(14)16(18)19/h2-7,10H,8-9H2,1H3,(H,18,19). The summed E-state index contributed by atoms with van der Waals surface area (Å²) < 4.78 is 24.0. The van der Waals surface area contributed by atoms with Crippen molar-refractivity contribution in [3.63, 3.8) is 0 Å². The Morgan fingerprint density at radius 1 is 1.14 bits per heavy atom. The summed E-state index contributed by atoms with van der Waals surface area (Å²) in [7, 11) is 1.56. The first kappa shape index (κ1) is 15.0. The molecule has 0 heterocycles. The molecule has 0 fully saturated rings. The molecule has 2 rings (SSSR count). The van der Waals surface area contributed by atoms with Crippen molar-refractivity contribution in [1.29, 1.82) is 0 Å². The minimum Gasteiger partial charge on any atom is -0.491 e. The molecule has 5 heteroatoms. The van der Waals surface area contributed by atoms with Crippen molar-refractivity contribution in [2.75, 3.05) is 20.3 Å². The molecule has 0 aliphatic carbocycles. The molecular weight excluding hydrogens is 275 g/mol. The normalized spacial score (nSPS) is 10.4. The number of carbonyl (C=O) groups is 1. The highest BCUT2D eigenvalue weighted by Crippen LogP contribution is 2.33. The highest BCUT2D eigenvalue weighted by molar-refractivity contribution is 5.96. The Morgan fingerprint density at radius 2 is 1.90 bits per heavy atom. The van der Waals surface area contributed by atoms with Crippen LogP contribution in [0.3, 0.4) is 0 Å². The SMILES string of the molecule is COCCOc1ccccc1-c1cc(F)ccc1C(=O)O. The molecule has 0 saturated carbocycles. The smallest absolute Gasteiger partial charge is 0.336 e. The average molecular weight is 290 g/mol. The summed E-state index contributed by atoms with van der Waals surface area (Å²) in [5, 5.41) is 9.24. The average Bonchev–Trinajstić information content (AvgIpc) is 2.47. The van der Waals surface area contributed by atoms with Gasteiger partial charge in [0.2, 0.25) is 0 Å². The van der Waals surface area contributed by atoms with Crippen LogP contribution in [0.25, 0.3) is 11.1 Å². The number of hydrogen-bond acceptors (Lipinski definition) is 3. The molecule has 4 nitrogen and oxygen atoms in total. The van der Waals surface area contributed by atoms with Gasteiger partial charge in [0.15, 0.2) is 0 Å². The first-order chi connectivity index (χ1) is 10.1. The van der Waals surface area contributed by atoms with E-state index in [1.54, 1.807) is 31.4 Å². The highest BCUT2D eigenvalue weighted by atomic mass is 19.1. The van der Waals surface area contributed by atoms with Crippen LogP contribution in [0.15, 0.2) is 42.5 Å². The number of methoxy groups -OCH3 is 1. The van der Waals surface area contributed by atoms with E-state index in [9.17, 15) is 14.3 Å². The van der Waals surface area contributed by atoms with Gasteiger partial charge in [-0.15, -0.1) is 0 Å². The third kappa shape index (κ3) is 3.58. The van der Waals surface area contributed by atoms with Gasteiger partial charge in [-0.3, -0.25) is 0 Å². The van der Waals surface area contributed by atoms with E-state index in [2.05, 4.69) is 0 Å². The topological polar surface area (TPSA) is 55.8 Å². The lowest BCUT2D eigenvalue weighted by atomic mass is 9.98. The molecule has 2 aromatic carbocycles. The van der Waals surface area contributed by atoms with Gasteiger partial charge >= 0.3 is 5.97 Å². The van der Waals surface area contributed by atoms with Crippen LogP contribution in [0.2, 0.25) is 0 Å². The maximum atomic E-state index is 13.5. The van der Waals surface area contributed by atoms with Gasteiger partial charge in [-0.05, 0) is 24.3 Å². The van der Waals surface area contributed by atoms with Crippen molar-refractivity contribution < 1.29 is 23.8 Å². The van der Waals surface area contributed by atoms with Crippen LogP contribution in [0.1, 0.15) is 10.4 Å². The van der Waals surface area contributed by atoms with Gasteiger partial charge in [-0.2, -0.15) is 0 Å². The van der Waals surface area contributed by atoms with Crippen molar-refractivity contribution in [2.24, 2.45) is 0 Å². The molecule has 0 radical (unpaired) electrons. The predicted molar refractivity (Wildman–Crippen MR) is 76.2 cm³/mol. The molecular formula is C16H15FO4. The van der Waals surface area contributed by atoms with Crippen molar-refractivity contribution >= 4 is 5.97 Å². The first-order valence-corrected chi connectivity index (χ1v) is 6.37. The Hall–Kier alpha value is -2.40. The molecule has 0 atom stereocenters. The van der Waals surface area contributed by atoms with Gasteiger partial charge in [-0.25, -0.2) is 9.18 Å². The summed E-state index contributed by atoms with van der Waals surface area (Å²) in [6.07, 6.45) is 0. The van der Waals surface area contributed by atoms with E-state index >= 15 is 0 Å². The lowest BCUT2D eigenvalue weighted by molar-refractivity contribution is 0.0697. The second kappa shape index (κ2) is 6.85. The van der Waals surface area contributed by atoms with E-state index in [1.165, 1.54) is 12.1 Å². The molecule has 0 spiro atoms. The van der Waals surface area contributed by atoms with Crippen LogP contribution < -0.4 is 4.74 Å². The van der Waals surface area contributed by atoms with Crippen LogP contribution in [0, 0.1) is 5.82 Å². The fraction of sp³-hybridized carbons (Fsp3) is 0.188. The van der Waals surface area contributed by atoms with Crippen LogP contribution in [-0.2, 0) is 4.74 Å². The summed E-state index contributed by atoms with van der Waals surface area (Å²) in [6, 6.07) is 10.5.